The zero-order valence-electron chi connectivity index (χ0n) is 55.7. The minimum Gasteiger partial charge on any atom is -0.309 e. The Labute approximate surface area is 591 Å². The van der Waals surface area contributed by atoms with Crippen LogP contribution in [0.3, 0.4) is 0 Å². The van der Waals surface area contributed by atoms with Crippen LogP contribution in [0, 0.1) is 0 Å². The molecule has 0 aliphatic rings. The van der Waals surface area contributed by atoms with Gasteiger partial charge >= 0.3 is 0 Å². The summed E-state index contributed by atoms with van der Waals surface area (Å²) in [6.07, 6.45) is 0. The topological polar surface area (TPSA) is 50.4 Å². The molecule has 0 fully saturated rings. The predicted molar refractivity (Wildman–Crippen MR) is 430 cm³/mol. The molecule has 478 valence electrons. The second-order valence-electron chi connectivity index (χ2n) is 27.2. The second-order valence-corrected chi connectivity index (χ2v) is 27.2. The largest absolute Gasteiger partial charge is 0.309 e. The van der Waals surface area contributed by atoms with Crippen LogP contribution < -0.4 is 0 Å². The number of fused-ring (bicyclic) bond motifs is 18. The molecule has 0 aliphatic heterocycles. The first-order chi connectivity index (χ1) is 51.1. The summed E-state index contributed by atoms with van der Waals surface area (Å²) in [4.78, 5) is 11.6. The summed E-state index contributed by atoms with van der Waals surface area (Å²) in [5.74, 6) is 0.599. The molecule has 0 atom stereocenters. The highest BCUT2D eigenvalue weighted by Gasteiger charge is 2.24. The fourth-order valence-corrected chi connectivity index (χ4v) is 17.0. The number of para-hydroxylation sites is 7. The number of hydrogen-bond acceptors (Lipinski definition) is 2. The molecule has 0 unspecified atom stereocenters. The Morgan fingerprint density at radius 3 is 0.854 bits per heavy atom. The molecule has 6 heterocycles. The van der Waals surface area contributed by atoms with Gasteiger partial charge in [0.1, 0.15) is 0 Å². The van der Waals surface area contributed by atoms with Crippen LogP contribution in [0.1, 0.15) is 0 Å². The zero-order chi connectivity index (χ0) is 67.4. The van der Waals surface area contributed by atoms with Gasteiger partial charge in [0.15, 0.2) is 0 Å². The van der Waals surface area contributed by atoms with Gasteiger partial charge in [-0.15, -0.1) is 0 Å². The first-order valence-electron chi connectivity index (χ1n) is 35.3. The Hall–Kier alpha value is -13.9. The smallest absolute Gasteiger partial charge is 0.235 e. The number of hydrogen-bond donors (Lipinski definition) is 0. The van der Waals surface area contributed by atoms with E-state index in [0.29, 0.717) is 5.95 Å². The van der Waals surface area contributed by atoms with Crippen LogP contribution >= 0.6 is 0 Å². The Morgan fingerprint density at radius 2 is 0.466 bits per heavy atom. The van der Waals surface area contributed by atoms with Crippen molar-refractivity contribution in [1.29, 1.82) is 0 Å². The van der Waals surface area contributed by atoms with Gasteiger partial charge in [0, 0.05) is 92.9 Å². The molecule has 0 bridgehead atoms. The summed E-state index contributed by atoms with van der Waals surface area (Å²) in [7, 11) is 0. The lowest BCUT2D eigenvalue weighted by atomic mass is 9.98. The molecule has 22 aromatic rings. The third-order valence-electron chi connectivity index (χ3n) is 21.7. The lowest BCUT2D eigenvalue weighted by molar-refractivity contribution is 1.01. The van der Waals surface area contributed by atoms with Crippen LogP contribution in [-0.2, 0) is 0 Å². The van der Waals surface area contributed by atoms with Crippen LogP contribution in [0.2, 0.25) is 0 Å². The highest BCUT2D eigenvalue weighted by molar-refractivity contribution is 6.17. The third kappa shape index (κ3) is 8.70. The highest BCUT2D eigenvalue weighted by atomic mass is 15.2. The van der Waals surface area contributed by atoms with E-state index in [1.165, 1.54) is 87.3 Å². The lowest BCUT2D eigenvalue weighted by Gasteiger charge is -2.15. The highest BCUT2D eigenvalue weighted by Crippen LogP contribution is 2.45. The van der Waals surface area contributed by atoms with Crippen LogP contribution in [0.15, 0.2) is 358 Å². The average Bonchev–Trinajstić information content (AvgIpc) is 1.65. The molecule has 7 heteroatoms. The van der Waals surface area contributed by atoms with E-state index in [9.17, 15) is 0 Å². The molecule has 16 aromatic carbocycles. The summed E-state index contributed by atoms with van der Waals surface area (Å²) in [6, 6.07) is 131. The first kappa shape index (κ1) is 57.1. The van der Waals surface area contributed by atoms with E-state index in [1.54, 1.807) is 0 Å². The fourth-order valence-electron chi connectivity index (χ4n) is 17.0. The van der Waals surface area contributed by atoms with Crippen molar-refractivity contribution in [2.24, 2.45) is 0 Å². The summed E-state index contributed by atoms with van der Waals surface area (Å²) in [5, 5.41) is 15.1. The average molecular weight is 1310 g/mol. The normalized spacial score (nSPS) is 12.1. The van der Waals surface area contributed by atoms with Crippen LogP contribution in [0.25, 0.3) is 204 Å². The monoisotopic (exact) mass is 1310 g/mol. The number of nitrogens with zero attached hydrogens (tertiary/aromatic N) is 7. The first-order valence-corrected chi connectivity index (χ1v) is 35.3. The van der Waals surface area contributed by atoms with Crippen molar-refractivity contribution in [2.75, 3.05) is 0 Å². The minimum atomic E-state index is 0.599. The molecule has 0 spiro atoms. The number of benzene rings is 16. The molecule has 7 nitrogen and oxygen atoms in total. The summed E-state index contributed by atoms with van der Waals surface area (Å²) < 4.78 is 11.9. The van der Waals surface area contributed by atoms with Gasteiger partial charge in [-0.25, -0.2) is 9.97 Å². The molecule has 0 radical (unpaired) electrons. The van der Waals surface area contributed by atoms with E-state index < -0.39 is 0 Å². The maximum Gasteiger partial charge on any atom is 0.235 e. The van der Waals surface area contributed by atoms with Crippen molar-refractivity contribution in [2.45, 2.75) is 0 Å². The Balaban J connectivity index is 0.724. The number of aromatic nitrogens is 7. The van der Waals surface area contributed by atoms with Crippen molar-refractivity contribution >= 4 is 131 Å². The van der Waals surface area contributed by atoms with Gasteiger partial charge in [-0.1, -0.05) is 206 Å². The lowest BCUT2D eigenvalue weighted by Crippen LogP contribution is -2.04. The van der Waals surface area contributed by atoms with Gasteiger partial charge in [-0.2, -0.15) is 0 Å². The quantitative estimate of drug-likeness (QED) is 0.135. The Bertz CT molecular complexity index is 7080. The molecular formula is C96H59N7. The van der Waals surface area contributed by atoms with E-state index in [4.69, 9.17) is 9.97 Å². The molecule has 0 N–H and O–H groups in total. The fraction of sp³-hybridized carbons (Fsp3) is 0. The van der Waals surface area contributed by atoms with Crippen LogP contribution in [-0.4, -0.2) is 32.8 Å². The van der Waals surface area contributed by atoms with E-state index in [0.717, 1.165) is 111 Å². The van der Waals surface area contributed by atoms with Gasteiger partial charge in [0.05, 0.1) is 66.4 Å². The Kier molecular flexibility index (Phi) is 12.4. The van der Waals surface area contributed by atoms with E-state index >= 15 is 0 Å². The molecule has 0 saturated carbocycles. The minimum absolute atomic E-state index is 0.599. The van der Waals surface area contributed by atoms with Crippen molar-refractivity contribution in [1.82, 2.24) is 32.8 Å². The molecular weight excluding hydrogens is 1250 g/mol. The maximum absolute atomic E-state index is 5.85. The van der Waals surface area contributed by atoms with Gasteiger partial charge in [-0.3, -0.25) is 4.57 Å². The molecule has 103 heavy (non-hydrogen) atoms. The molecule has 22 rings (SSSR count). The summed E-state index contributed by atoms with van der Waals surface area (Å²) in [6.45, 7) is 0. The molecule has 0 saturated heterocycles. The molecule has 6 aromatic heterocycles. The van der Waals surface area contributed by atoms with Gasteiger partial charge in [0.25, 0.3) is 0 Å². The SMILES string of the molecule is c1ccc(-n2c3ccccc3c3cc(-c4ccc5c(c4)c4ccccc4n5-c4cccc(-c5nc(-n6c7ccc(-c8ccc9c(c8)c8ccccc8n9-c8ccccc8)cc7c7cc(-c8ccc9c(c8)c8ccccc8n9-c8ccccc8)ccc76)nc6c5ccc5ccccc56)c4)ccc32)cc1. The molecule has 0 aliphatic carbocycles. The number of rotatable bonds is 9. The van der Waals surface area contributed by atoms with E-state index in [2.05, 4.69) is 381 Å². The standard InChI is InChI=1S/C96H59N7/c1-4-23-68(24-5-1)99-84-35-16-12-31-73(84)78-54-61(40-47-88(78)99)62-43-50-91-81(57-62)76-34-15-19-38-87(76)102(91)71-29-20-22-67(53-71)94-77-46-39-60-21-10-11-30-72(60)95(77)98-96(97-94)103-92-51-44-65(63-41-48-89-79(55-63)74-32-13-17-36-85(74)100(89)69-25-6-2-7-26-69)58-82(92)83-59-66(45-52-93(83)103)64-42-49-90-80(56-64)75-33-14-18-37-86(75)101(90)70-27-8-3-9-28-70/h1-59H. The zero-order valence-corrected chi connectivity index (χ0v) is 55.7. The van der Waals surface area contributed by atoms with Crippen molar-refractivity contribution in [3.8, 4) is 73.3 Å². The third-order valence-corrected chi connectivity index (χ3v) is 21.7. The van der Waals surface area contributed by atoms with Crippen molar-refractivity contribution in [3.63, 3.8) is 0 Å². The molecule has 0 amide bonds. The van der Waals surface area contributed by atoms with Crippen molar-refractivity contribution < 1.29 is 0 Å². The summed E-state index contributed by atoms with van der Waals surface area (Å²) >= 11 is 0. The van der Waals surface area contributed by atoms with E-state index in [1.807, 2.05) is 0 Å². The predicted octanol–water partition coefficient (Wildman–Crippen LogP) is 24.9. The van der Waals surface area contributed by atoms with Gasteiger partial charge in [0.2, 0.25) is 5.95 Å². The second kappa shape index (κ2) is 22.3. The summed E-state index contributed by atoms with van der Waals surface area (Å²) in [5.41, 5.74) is 25.5. The Morgan fingerprint density at radius 1 is 0.165 bits per heavy atom. The van der Waals surface area contributed by atoms with Crippen LogP contribution in [0.5, 0.6) is 0 Å². The van der Waals surface area contributed by atoms with Crippen LogP contribution in [0.4, 0.5) is 0 Å². The maximum atomic E-state index is 5.85. The van der Waals surface area contributed by atoms with Gasteiger partial charge < -0.3 is 18.3 Å². The van der Waals surface area contributed by atoms with Gasteiger partial charge in [-0.05, 0) is 190 Å². The van der Waals surface area contributed by atoms with E-state index in [-0.39, 0.29) is 0 Å². The van der Waals surface area contributed by atoms with Crippen molar-refractivity contribution in [3.05, 3.63) is 358 Å².